The normalized spacial score (nSPS) is 10.7. The first-order valence-electron chi connectivity index (χ1n) is 9.42. The monoisotopic (exact) mass is 638 g/mol. The maximum atomic E-state index is 12.3. The lowest BCUT2D eigenvalue weighted by Crippen LogP contribution is -2.24. The molecule has 0 bridgehead atoms. The van der Waals surface area contributed by atoms with Crippen molar-refractivity contribution >= 4 is 65.9 Å². The number of ether oxygens (including phenoxy) is 3. The van der Waals surface area contributed by atoms with Gasteiger partial charge in [-0.15, -0.1) is 0 Å². The van der Waals surface area contributed by atoms with E-state index in [2.05, 4.69) is 58.3 Å². The van der Waals surface area contributed by atoms with Crippen molar-refractivity contribution in [2.45, 2.75) is 0 Å². The fourth-order valence-corrected chi connectivity index (χ4v) is 5.09. The lowest BCUT2D eigenvalue weighted by molar-refractivity contribution is -0.123. The van der Waals surface area contributed by atoms with Gasteiger partial charge in [-0.05, 0) is 79.9 Å². The van der Waals surface area contributed by atoms with Gasteiger partial charge in [-0.3, -0.25) is 4.79 Å². The summed E-state index contributed by atoms with van der Waals surface area (Å²) in [6.07, 6.45) is 1.44. The van der Waals surface area contributed by atoms with E-state index < -0.39 is 11.9 Å². The van der Waals surface area contributed by atoms with Crippen molar-refractivity contribution in [2.75, 3.05) is 13.7 Å². The zero-order chi connectivity index (χ0) is 23.8. The van der Waals surface area contributed by atoms with Crippen LogP contribution >= 0.6 is 47.8 Å². The molecule has 7 nitrogen and oxygen atoms in total. The molecule has 0 spiro atoms. The third kappa shape index (κ3) is 7.15. The summed E-state index contributed by atoms with van der Waals surface area (Å²) in [5.41, 5.74) is 3.46. The Balaban J connectivity index is 1.57. The Morgan fingerprint density at radius 1 is 0.970 bits per heavy atom. The van der Waals surface area contributed by atoms with E-state index in [-0.39, 0.29) is 12.4 Å². The molecule has 0 aliphatic rings. The average molecular weight is 641 g/mol. The summed E-state index contributed by atoms with van der Waals surface area (Å²) >= 11 is 10.2. The summed E-state index contributed by atoms with van der Waals surface area (Å²) in [7, 11) is 1.47. The number of esters is 1. The van der Waals surface area contributed by atoms with Crippen LogP contribution in [0.3, 0.4) is 0 Å². The van der Waals surface area contributed by atoms with Gasteiger partial charge in [-0.1, -0.05) is 34.1 Å². The molecule has 3 aromatic rings. The fourth-order valence-electron chi connectivity index (χ4n) is 2.60. The zero-order valence-corrected chi connectivity index (χ0v) is 21.9. The number of nitrogens with zero attached hydrogens (tertiary/aromatic N) is 1. The number of methoxy groups -OCH3 is 1. The van der Waals surface area contributed by atoms with E-state index >= 15 is 0 Å². The Morgan fingerprint density at radius 2 is 1.67 bits per heavy atom. The van der Waals surface area contributed by atoms with Crippen LogP contribution < -0.4 is 19.6 Å². The van der Waals surface area contributed by atoms with Crippen molar-refractivity contribution in [1.29, 1.82) is 0 Å². The highest BCUT2D eigenvalue weighted by molar-refractivity contribution is 9.11. The molecule has 1 amide bonds. The van der Waals surface area contributed by atoms with Gasteiger partial charge in [0.05, 0.1) is 27.8 Å². The van der Waals surface area contributed by atoms with Crippen LogP contribution in [0.2, 0.25) is 0 Å². The van der Waals surface area contributed by atoms with E-state index in [4.69, 9.17) is 14.2 Å². The molecule has 1 N–H and O–H groups in total. The van der Waals surface area contributed by atoms with Gasteiger partial charge in [0, 0.05) is 4.47 Å². The SMILES string of the molecule is COc1cc(/C=N/NC(=O)COc2c(Br)cc(Br)cc2Br)ccc1OC(=O)c1ccccc1. The molecule has 33 heavy (non-hydrogen) atoms. The first-order chi connectivity index (χ1) is 15.9. The van der Waals surface area contributed by atoms with E-state index in [9.17, 15) is 9.59 Å². The van der Waals surface area contributed by atoms with Crippen molar-refractivity contribution in [2.24, 2.45) is 5.10 Å². The maximum Gasteiger partial charge on any atom is 0.343 e. The maximum absolute atomic E-state index is 12.3. The highest BCUT2D eigenvalue weighted by Crippen LogP contribution is 2.36. The van der Waals surface area contributed by atoms with Gasteiger partial charge in [0.1, 0.15) is 5.75 Å². The molecule has 0 radical (unpaired) electrons. The van der Waals surface area contributed by atoms with Crippen molar-refractivity contribution in [3.05, 3.63) is 85.2 Å². The van der Waals surface area contributed by atoms with Gasteiger partial charge >= 0.3 is 5.97 Å². The third-order valence-electron chi connectivity index (χ3n) is 4.11. The minimum absolute atomic E-state index is 0.228. The molecule has 0 aliphatic carbocycles. The van der Waals surface area contributed by atoms with E-state index in [1.807, 2.05) is 18.2 Å². The van der Waals surface area contributed by atoms with Crippen molar-refractivity contribution in [3.63, 3.8) is 0 Å². The first-order valence-corrected chi connectivity index (χ1v) is 11.8. The number of benzene rings is 3. The molecule has 0 heterocycles. The van der Waals surface area contributed by atoms with Gasteiger partial charge in [-0.2, -0.15) is 5.10 Å². The number of hydrogen-bond acceptors (Lipinski definition) is 6. The van der Waals surface area contributed by atoms with Crippen LogP contribution in [0.4, 0.5) is 0 Å². The van der Waals surface area contributed by atoms with Crippen molar-refractivity contribution in [1.82, 2.24) is 5.43 Å². The molecule has 10 heteroatoms. The Kier molecular flexibility index (Phi) is 9.04. The van der Waals surface area contributed by atoms with Gasteiger partial charge in [0.25, 0.3) is 5.91 Å². The number of carbonyl (C=O) groups is 2. The molecule has 0 unspecified atom stereocenters. The summed E-state index contributed by atoms with van der Waals surface area (Å²) < 4.78 is 18.5. The lowest BCUT2D eigenvalue weighted by Gasteiger charge is -2.10. The quantitative estimate of drug-likeness (QED) is 0.147. The lowest BCUT2D eigenvalue weighted by atomic mass is 10.2. The molecule has 0 saturated carbocycles. The van der Waals surface area contributed by atoms with Gasteiger partial charge in [0.2, 0.25) is 0 Å². The van der Waals surface area contributed by atoms with Crippen LogP contribution in [-0.2, 0) is 4.79 Å². The second-order valence-electron chi connectivity index (χ2n) is 6.45. The highest BCUT2D eigenvalue weighted by Gasteiger charge is 2.13. The molecular weight excluding hydrogens is 624 g/mol. The molecule has 0 aromatic heterocycles. The van der Waals surface area contributed by atoms with Gasteiger partial charge in [-0.25, -0.2) is 10.2 Å². The minimum atomic E-state index is -0.494. The Hall–Kier alpha value is -2.69. The Bertz CT molecular complexity index is 1160. The summed E-state index contributed by atoms with van der Waals surface area (Å²) in [4.78, 5) is 24.3. The fraction of sp³-hybridized carbons (Fsp3) is 0.0870. The summed E-state index contributed by atoms with van der Waals surface area (Å²) in [5, 5.41) is 3.93. The molecule has 0 atom stereocenters. The topological polar surface area (TPSA) is 86.2 Å². The van der Waals surface area contributed by atoms with Crippen LogP contribution in [0, 0.1) is 0 Å². The van der Waals surface area contributed by atoms with Crippen LogP contribution in [-0.4, -0.2) is 31.8 Å². The van der Waals surface area contributed by atoms with Crippen LogP contribution in [0.25, 0.3) is 0 Å². The molecular formula is C23H17Br3N2O5. The van der Waals surface area contributed by atoms with Crippen LogP contribution in [0.1, 0.15) is 15.9 Å². The second-order valence-corrected chi connectivity index (χ2v) is 9.07. The Morgan fingerprint density at radius 3 is 2.33 bits per heavy atom. The minimum Gasteiger partial charge on any atom is -0.493 e. The van der Waals surface area contributed by atoms with Crippen LogP contribution in [0.5, 0.6) is 17.2 Å². The van der Waals surface area contributed by atoms with Gasteiger partial charge in [0.15, 0.2) is 18.1 Å². The van der Waals surface area contributed by atoms with Gasteiger partial charge < -0.3 is 14.2 Å². The molecule has 0 saturated heterocycles. The number of rotatable bonds is 8. The summed E-state index contributed by atoms with van der Waals surface area (Å²) in [5.74, 6) is 0.192. The number of carbonyl (C=O) groups excluding carboxylic acids is 2. The zero-order valence-electron chi connectivity index (χ0n) is 17.2. The van der Waals surface area contributed by atoms with E-state index in [0.29, 0.717) is 31.6 Å². The summed E-state index contributed by atoms with van der Waals surface area (Å²) in [6, 6.07) is 17.2. The number of hydrogen-bond donors (Lipinski definition) is 1. The number of nitrogens with one attached hydrogen (secondary N) is 1. The Labute approximate surface area is 215 Å². The standard InChI is InChI=1S/C23H17Br3N2O5/c1-31-20-9-14(7-8-19(20)33-23(30)15-5-3-2-4-6-15)12-27-28-21(29)13-32-22-17(25)10-16(24)11-18(22)26/h2-12H,13H2,1H3,(H,28,29)/b27-12+. The second kappa shape index (κ2) is 12.0. The summed E-state index contributed by atoms with van der Waals surface area (Å²) in [6.45, 7) is -0.228. The third-order valence-corrected chi connectivity index (χ3v) is 5.75. The van der Waals surface area contributed by atoms with Crippen molar-refractivity contribution in [3.8, 4) is 17.2 Å². The largest absolute Gasteiger partial charge is 0.493 e. The molecule has 0 aliphatic heterocycles. The average Bonchev–Trinajstić information content (AvgIpc) is 2.79. The predicted octanol–water partition coefficient (Wildman–Crippen LogP) is 5.73. The van der Waals surface area contributed by atoms with Crippen molar-refractivity contribution < 1.29 is 23.8 Å². The number of hydrazone groups is 1. The first kappa shape index (κ1) is 24.9. The number of halogens is 3. The van der Waals surface area contributed by atoms with E-state index in [1.165, 1.54) is 13.3 Å². The van der Waals surface area contributed by atoms with E-state index in [1.54, 1.807) is 42.5 Å². The predicted molar refractivity (Wildman–Crippen MR) is 135 cm³/mol. The molecule has 170 valence electrons. The molecule has 3 aromatic carbocycles. The number of amides is 1. The van der Waals surface area contributed by atoms with E-state index in [0.717, 1.165) is 4.47 Å². The highest BCUT2D eigenvalue weighted by atomic mass is 79.9. The molecule has 3 rings (SSSR count). The van der Waals surface area contributed by atoms with Crippen LogP contribution in [0.15, 0.2) is 79.2 Å². The molecule has 0 fully saturated rings. The smallest absolute Gasteiger partial charge is 0.343 e.